The summed E-state index contributed by atoms with van der Waals surface area (Å²) < 4.78 is 0. The van der Waals surface area contributed by atoms with Gasteiger partial charge in [-0.25, -0.2) is 0 Å². The molecular formula is C17H22N2O. The number of nitrogens with zero attached hydrogens (tertiary/aromatic N) is 2. The summed E-state index contributed by atoms with van der Waals surface area (Å²) in [6.07, 6.45) is 4.91. The van der Waals surface area contributed by atoms with E-state index >= 15 is 0 Å². The summed E-state index contributed by atoms with van der Waals surface area (Å²) in [5, 5.41) is 9.39. The van der Waals surface area contributed by atoms with Crippen LogP contribution in [0.25, 0.3) is 0 Å². The minimum Gasteiger partial charge on any atom is -0.343 e. The standard InChI is InChI=1S/C17H22N2O/c1-14-8-4-5-9-16(14)15(13-18)12-17(20)19-10-6-2-3-7-11-19/h4-5,8-9,15H,2-3,6-7,10-12H2,1H3. The molecule has 2 rings (SSSR count). The molecule has 1 unspecified atom stereocenters. The van der Waals surface area contributed by atoms with Gasteiger partial charge >= 0.3 is 0 Å². The lowest BCUT2D eigenvalue weighted by Gasteiger charge is -2.22. The number of benzene rings is 1. The van der Waals surface area contributed by atoms with Gasteiger partial charge in [-0.15, -0.1) is 0 Å². The zero-order valence-electron chi connectivity index (χ0n) is 12.1. The van der Waals surface area contributed by atoms with Gasteiger partial charge in [0.25, 0.3) is 0 Å². The highest BCUT2D eigenvalue weighted by Crippen LogP contribution is 2.24. The number of aryl methyl sites for hydroxylation is 1. The molecule has 20 heavy (non-hydrogen) atoms. The molecule has 106 valence electrons. The fourth-order valence-corrected chi connectivity index (χ4v) is 2.83. The van der Waals surface area contributed by atoms with Gasteiger partial charge in [0, 0.05) is 19.5 Å². The van der Waals surface area contributed by atoms with Gasteiger partial charge in [0.1, 0.15) is 0 Å². The predicted molar refractivity (Wildman–Crippen MR) is 79.2 cm³/mol. The molecule has 1 atom stereocenters. The van der Waals surface area contributed by atoms with Crippen molar-refractivity contribution < 1.29 is 4.79 Å². The van der Waals surface area contributed by atoms with Gasteiger partial charge in [-0.3, -0.25) is 4.79 Å². The van der Waals surface area contributed by atoms with Crippen LogP contribution < -0.4 is 0 Å². The van der Waals surface area contributed by atoms with Gasteiger partial charge in [-0.05, 0) is 30.9 Å². The number of likely N-dealkylation sites (tertiary alicyclic amines) is 1. The zero-order valence-corrected chi connectivity index (χ0v) is 12.1. The second kappa shape index (κ2) is 7.09. The molecule has 1 saturated heterocycles. The van der Waals surface area contributed by atoms with E-state index in [-0.39, 0.29) is 11.8 Å². The Bertz CT molecular complexity index is 496. The smallest absolute Gasteiger partial charge is 0.224 e. The predicted octanol–water partition coefficient (Wildman–Crippen LogP) is 3.39. The van der Waals surface area contributed by atoms with Crippen molar-refractivity contribution in [3.8, 4) is 6.07 Å². The lowest BCUT2D eigenvalue weighted by atomic mass is 9.93. The van der Waals surface area contributed by atoms with Crippen LogP contribution in [0.2, 0.25) is 0 Å². The Morgan fingerprint density at radius 3 is 2.50 bits per heavy atom. The molecule has 1 heterocycles. The SMILES string of the molecule is Cc1ccccc1C(C#N)CC(=O)N1CCCCCC1. The second-order valence-electron chi connectivity index (χ2n) is 5.54. The molecule has 0 saturated carbocycles. The first-order chi connectivity index (χ1) is 9.72. The summed E-state index contributed by atoms with van der Waals surface area (Å²) in [5.41, 5.74) is 2.07. The van der Waals surface area contributed by atoms with E-state index in [9.17, 15) is 10.1 Å². The van der Waals surface area contributed by atoms with E-state index < -0.39 is 0 Å². The van der Waals surface area contributed by atoms with Crippen LogP contribution in [0.4, 0.5) is 0 Å². The maximum atomic E-state index is 12.4. The highest BCUT2D eigenvalue weighted by molar-refractivity contribution is 5.77. The van der Waals surface area contributed by atoms with Crippen LogP contribution in [0.15, 0.2) is 24.3 Å². The van der Waals surface area contributed by atoms with E-state index in [0.29, 0.717) is 6.42 Å². The second-order valence-corrected chi connectivity index (χ2v) is 5.54. The number of rotatable bonds is 3. The van der Waals surface area contributed by atoms with Crippen LogP contribution in [0.3, 0.4) is 0 Å². The molecule has 0 aromatic heterocycles. The van der Waals surface area contributed by atoms with E-state index in [2.05, 4.69) is 6.07 Å². The normalized spacial score (nSPS) is 17.1. The van der Waals surface area contributed by atoms with Gasteiger partial charge in [0.05, 0.1) is 12.0 Å². The number of carbonyl (C=O) groups excluding carboxylic acids is 1. The van der Waals surface area contributed by atoms with Crippen molar-refractivity contribution in [1.82, 2.24) is 4.90 Å². The quantitative estimate of drug-likeness (QED) is 0.845. The van der Waals surface area contributed by atoms with Crippen LogP contribution in [-0.2, 0) is 4.79 Å². The Morgan fingerprint density at radius 1 is 1.25 bits per heavy atom. The average Bonchev–Trinajstić information content (AvgIpc) is 2.74. The van der Waals surface area contributed by atoms with Gasteiger partial charge in [0.15, 0.2) is 0 Å². The van der Waals surface area contributed by atoms with E-state index in [1.165, 1.54) is 12.8 Å². The van der Waals surface area contributed by atoms with Crippen molar-refractivity contribution in [3.63, 3.8) is 0 Å². The molecule has 3 heteroatoms. The van der Waals surface area contributed by atoms with Crippen molar-refractivity contribution in [2.75, 3.05) is 13.1 Å². The molecule has 1 aliphatic heterocycles. The van der Waals surface area contributed by atoms with Crippen LogP contribution in [-0.4, -0.2) is 23.9 Å². The first-order valence-electron chi connectivity index (χ1n) is 7.45. The minimum atomic E-state index is -0.327. The molecule has 0 spiro atoms. The highest BCUT2D eigenvalue weighted by atomic mass is 16.2. The zero-order chi connectivity index (χ0) is 14.4. The Kier molecular flexibility index (Phi) is 5.17. The fourth-order valence-electron chi connectivity index (χ4n) is 2.83. The van der Waals surface area contributed by atoms with Crippen molar-refractivity contribution in [2.45, 2.75) is 44.9 Å². The molecule has 3 nitrogen and oxygen atoms in total. The maximum absolute atomic E-state index is 12.4. The van der Waals surface area contributed by atoms with Gasteiger partial charge in [0.2, 0.25) is 5.91 Å². The summed E-state index contributed by atoms with van der Waals surface area (Å²) in [5.74, 6) is -0.200. The minimum absolute atomic E-state index is 0.127. The van der Waals surface area contributed by atoms with Gasteiger partial charge in [-0.2, -0.15) is 5.26 Å². The summed E-state index contributed by atoms with van der Waals surface area (Å²) >= 11 is 0. The van der Waals surface area contributed by atoms with E-state index in [4.69, 9.17) is 0 Å². The third kappa shape index (κ3) is 3.60. The Hall–Kier alpha value is -1.82. The van der Waals surface area contributed by atoms with Crippen molar-refractivity contribution in [2.24, 2.45) is 0 Å². The van der Waals surface area contributed by atoms with E-state index in [0.717, 1.165) is 37.1 Å². The lowest BCUT2D eigenvalue weighted by Crippen LogP contribution is -2.32. The van der Waals surface area contributed by atoms with E-state index in [1.54, 1.807) is 0 Å². The Balaban J connectivity index is 2.05. The average molecular weight is 270 g/mol. The topological polar surface area (TPSA) is 44.1 Å². The van der Waals surface area contributed by atoms with Gasteiger partial charge in [-0.1, -0.05) is 37.1 Å². The van der Waals surface area contributed by atoms with Crippen LogP contribution in [0.5, 0.6) is 0 Å². The molecule has 0 bridgehead atoms. The lowest BCUT2D eigenvalue weighted by molar-refractivity contribution is -0.131. The Morgan fingerprint density at radius 2 is 1.90 bits per heavy atom. The number of hydrogen-bond acceptors (Lipinski definition) is 2. The van der Waals surface area contributed by atoms with Crippen LogP contribution >= 0.6 is 0 Å². The van der Waals surface area contributed by atoms with Crippen molar-refractivity contribution in [3.05, 3.63) is 35.4 Å². The van der Waals surface area contributed by atoms with Gasteiger partial charge < -0.3 is 4.90 Å². The fraction of sp³-hybridized carbons (Fsp3) is 0.529. The number of carbonyl (C=O) groups is 1. The van der Waals surface area contributed by atoms with Crippen LogP contribution in [0, 0.1) is 18.3 Å². The molecule has 0 N–H and O–H groups in total. The summed E-state index contributed by atoms with van der Waals surface area (Å²) in [7, 11) is 0. The molecule has 1 aliphatic rings. The summed E-state index contributed by atoms with van der Waals surface area (Å²) in [6, 6.07) is 10.1. The number of amides is 1. The molecule has 1 aromatic rings. The van der Waals surface area contributed by atoms with Crippen molar-refractivity contribution in [1.29, 1.82) is 5.26 Å². The largest absolute Gasteiger partial charge is 0.343 e. The molecule has 0 aliphatic carbocycles. The molecule has 1 amide bonds. The monoisotopic (exact) mass is 270 g/mol. The van der Waals surface area contributed by atoms with Crippen LogP contribution in [0.1, 0.15) is 49.1 Å². The Labute approximate surface area is 121 Å². The summed E-state index contributed by atoms with van der Waals surface area (Å²) in [4.78, 5) is 14.3. The number of hydrogen-bond donors (Lipinski definition) is 0. The molecular weight excluding hydrogens is 248 g/mol. The molecule has 0 radical (unpaired) electrons. The molecule has 1 aromatic carbocycles. The summed E-state index contributed by atoms with van der Waals surface area (Å²) in [6.45, 7) is 3.70. The highest BCUT2D eigenvalue weighted by Gasteiger charge is 2.22. The number of nitriles is 1. The van der Waals surface area contributed by atoms with Crippen molar-refractivity contribution >= 4 is 5.91 Å². The third-order valence-corrected chi connectivity index (χ3v) is 4.06. The van der Waals surface area contributed by atoms with E-state index in [1.807, 2.05) is 36.1 Å². The third-order valence-electron chi connectivity index (χ3n) is 4.06. The molecule has 1 fully saturated rings. The first kappa shape index (κ1) is 14.6. The first-order valence-corrected chi connectivity index (χ1v) is 7.45. The maximum Gasteiger partial charge on any atom is 0.224 e.